The Morgan fingerprint density at radius 2 is 1.97 bits per heavy atom. The molecule has 0 aliphatic rings. The van der Waals surface area contributed by atoms with Crippen molar-refractivity contribution in [2.24, 2.45) is 0 Å². The molecule has 4 aromatic rings. The highest BCUT2D eigenvalue weighted by Crippen LogP contribution is 2.31. The average molecular weight is 485 g/mol. The molecule has 0 bridgehead atoms. The van der Waals surface area contributed by atoms with Crippen LogP contribution in [-0.4, -0.2) is 33.6 Å². The standard InChI is InChI=1S/C25H28N4O2S.ClH/c1-3-20-7-5-8-22-24(20)27-25(32-22)29(15-6-14-28-16-13-26-18-28)23(30)17-19-9-11-21(12-10-19)31-4-2;/h5,7-13,16,18H,3-4,6,14-15,17H2,1-2H3;1H. The molecule has 0 radical (unpaired) electrons. The Morgan fingerprint density at radius 1 is 1.15 bits per heavy atom. The zero-order valence-corrected chi connectivity index (χ0v) is 20.6. The fourth-order valence-corrected chi connectivity index (χ4v) is 4.75. The van der Waals surface area contributed by atoms with Crippen molar-refractivity contribution in [3.63, 3.8) is 0 Å². The van der Waals surface area contributed by atoms with Gasteiger partial charge in [0.1, 0.15) is 5.75 Å². The van der Waals surface area contributed by atoms with Crippen LogP contribution in [0.25, 0.3) is 10.2 Å². The molecule has 2 heterocycles. The van der Waals surface area contributed by atoms with Gasteiger partial charge in [-0.2, -0.15) is 0 Å². The summed E-state index contributed by atoms with van der Waals surface area (Å²) >= 11 is 1.59. The number of para-hydroxylation sites is 1. The molecule has 0 saturated carbocycles. The summed E-state index contributed by atoms with van der Waals surface area (Å²) in [5.41, 5.74) is 3.18. The number of imidazole rings is 1. The molecular weight excluding hydrogens is 456 g/mol. The molecule has 0 atom stereocenters. The molecule has 0 saturated heterocycles. The van der Waals surface area contributed by atoms with Gasteiger partial charge in [-0.3, -0.25) is 9.69 Å². The highest BCUT2D eigenvalue weighted by Gasteiger charge is 2.20. The van der Waals surface area contributed by atoms with E-state index in [0.29, 0.717) is 19.6 Å². The number of hydrogen-bond acceptors (Lipinski definition) is 5. The van der Waals surface area contributed by atoms with E-state index >= 15 is 0 Å². The second-order valence-electron chi connectivity index (χ2n) is 7.57. The van der Waals surface area contributed by atoms with Crippen molar-refractivity contribution in [1.29, 1.82) is 0 Å². The fraction of sp³-hybridized carbons (Fsp3) is 0.320. The number of aromatic nitrogens is 3. The van der Waals surface area contributed by atoms with Crippen LogP contribution in [0, 0.1) is 0 Å². The molecule has 0 N–H and O–H groups in total. The number of carbonyl (C=O) groups excluding carboxylic acids is 1. The van der Waals surface area contributed by atoms with Gasteiger partial charge in [-0.15, -0.1) is 12.4 Å². The van der Waals surface area contributed by atoms with E-state index in [9.17, 15) is 4.79 Å². The number of fused-ring (bicyclic) bond motifs is 1. The van der Waals surface area contributed by atoms with Crippen molar-refractivity contribution in [1.82, 2.24) is 14.5 Å². The van der Waals surface area contributed by atoms with Crippen molar-refractivity contribution in [2.75, 3.05) is 18.1 Å². The molecule has 4 rings (SSSR count). The van der Waals surface area contributed by atoms with Gasteiger partial charge in [0, 0.05) is 25.5 Å². The first kappa shape index (κ1) is 24.7. The van der Waals surface area contributed by atoms with Gasteiger partial charge in [0.05, 0.1) is 29.6 Å². The number of halogens is 1. The van der Waals surface area contributed by atoms with Crippen LogP contribution in [0.4, 0.5) is 5.13 Å². The quantitative estimate of drug-likeness (QED) is 0.296. The maximum absolute atomic E-state index is 13.4. The molecule has 0 fully saturated rings. The van der Waals surface area contributed by atoms with Gasteiger partial charge in [0.15, 0.2) is 5.13 Å². The van der Waals surface area contributed by atoms with Crippen molar-refractivity contribution in [3.05, 3.63) is 72.3 Å². The van der Waals surface area contributed by atoms with Gasteiger partial charge in [-0.25, -0.2) is 9.97 Å². The summed E-state index contributed by atoms with van der Waals surface area (Å²) in [6.45, 7) is 6.13. The van der Waals surface area contributed by atoms with Crippen LogP contribution in [0.5, 0.6) is 5.75 Å². The number of aryl methyl sites for hydroxylation is 2. The molecule has 0 aliphatic carbocycles. The van der Waals surface area contributed by atoms with Crippen molar-refractivity contribution >= 4 is 45.0 Å². The molecule has 1 amide bonds. The Bertz CT molecular complexity index is 1160. The predicted molar refractivity (Wildman–Crippen MR) is 137 cm³/mol. The third-order valence-electron chi connectivity index (χ3n) is 5.35. The van der Waals surface area contributed by atoms with Crippen molar-refractivity contribution < 1.29 is 9.53 Å². The lowest BCUT2D eigenvalue weighted by Crippen LogP contribution is -2.33. The highest BCUT2D eigenvalue weighted by atomic mass is 35.5. The van der Waals surface area contributed by atoms with Gasteiger partial charge >= 0.3 is 0 Å². The monoisotopic (exact) mass is 484 g/mol. The van der Waals surface area contributed by atoms with Crippen molar-refractivity contribution in [2.45, 2.75) is 39.7 Å². The van der Waals surface area contributed by atoms with E-state index in [1.807, 2.05) is 46.9 Å². The van der Waals surface area contributed by atoms with E-state index in [4.69, 9.17) is 9.72 Å². The summed E-state index contributed by atoms with van der Waals surface area (Å²) < 4.78 is 8.66. The Hall–Kier alpha value is -2.90. The van der Waals surface area contributed by atoms with Crippen LogP contribution in [0.1, 0.15) is 31.4 Å². The molecular formula is C25H29ClN4O2S. The van der Waals surface area contributed by atoms with Crippen LogP contribution in [0.3, 0.4) is 0 Å². The number of carbonyl (C=O) groups is 1. The first-order chi connectivity index (χ1) is 15.7. The summed E-state index contributed by atoms with van der Waals surface area (Å²) in [4.78, 5) is 24.2. The third kappa shape index (κ3) is 6.12. The number of ether oxygens (including phenoxy) is 1. The SMILES string of the molecule is CCOc1ccc(CC(=O)N(CCCn2ccnc2)c2nc3c(CC)cccc3s2)cc1.Cl. The number of hydrogen-bond donors (Lipinski definition) is 0. The minimum atomic E-state index is 0. The third-order valence-corrected chi connectivity index (χ3v) is 6.39. The van der Waals surface area contributed by atoms with E-state index in [-0.39, 0.29) is 18.3 Å². The van der Waals surface area contributed by atoms with Crippen LogP contribution in [0.15, 0.2) is 61.2 Å². The lowest BCUT2D eigenvalue weighted by Gasteiger charge is -2.20. The van der Waals surface area contributed by atoms with Gasteiger partial charge in [-0.1, -0.05) is 42.5 Å². The highest BCUT2D eigenvalue weighted by molar-refractivity contribution is 7.22. The lowest BCUT2D eigenvalue weighted by atomic mass is 10.1. The van der Waals surface area contributed by atoms with Gasteiger partial charge in [0.25, 0.3) is 0 Å². The lowest BCUT2D eigenvalue weighted by molar-refractivity contribution is -0.118. The largest absolute Gasteiger partial charge is 0.494 e. The fourth-order valence-electron chi connectivity index (χ4n) is 3.69. The Morgan fingerprint density at radius 3 is 2.67 bits per heavy atom. The number of benzene rings is 2. The first-order valence-electron chi connectivity index (χ1n) is 11.0. The van der Waals surface area contributed by atoms with Gasteiger partial charge in [0.2, 0.25) is 5.91 Å². The first-order valence-corrected chi connectivity index (χ1v) is 11.9. The van der Waals surface area contributed by atoms with E-state index in [1.54, 1.807) is 23.9 Å². The predicted octanol–water partition coefficient (Wildman–Crippen LogP) is 5.54. The average Bonchev–Trinajstić information content (AvgIpc) is 3.47. The minimum Gasteiger partial charge on any atom is -0.494 e. The molecule has 33 heavy (non-hydrogen) atoms. The Balaban J connectivity index is 0.00000306. The molecule has 6 nitrogen and oxygen atoms in total. The summed E-state index contributed by atoms with van der Waals surface area (Å²) in [5.74, 6) is 0.871. The second kappa shape index (κ2) is 11.8. The smallest absolute Gasteiger partial charge is 0.233 e. The van der Waals surface area contributed by atoms with E-state index in [1.165, 1.54) is 5.56 Å². The molecule has 2 aromatic carbocycles. The number of anilines is 1. The number of nitrogens with zero attached hydrogens (tertiary/aromatic N) is 4. The molecule has 2 aromatic heterocycles. The molecule has 0 spiro atoms. The number of thiazole rings is 1. The summed E-state index contributed by atoms with van der Waals surface area (Å²) in [6, 6.07) is 14.0. The van der Waals surface area contributed by atoms with E-state index in [2.05, 4.69) is 30.1 Å². The van der Waals surface area contributed by atoms with Gasteiger partial charge in [-0.05, 0) is 49.1 Å². The zero-order valence-electron chi connectivity index (χ0n) is 18.9. The Labute approximate surface area is 204 Å². The Kier molecular flexibility index (Phi) is 8.86. The normalized spacial score (nSPS) is 10.7. The van der Waals surface area contributed by atoms with Crippen LogP contribution >= 0.6 is 23.7 Å². The number of amides is 1. The second-order valence-corrected chi connectivity index (χ2v) is 8.58. The summed E-state index contributed by atoms with van der Waals surface area (Å²) in [5, 5.41) is 0.766. The molecule has 8 heteroatoms. The topological polar surface area (TPSA) is 60.2 Å². The minimum absolute atomic E-state index is 0. The molecule has 174 valence electrons. The van der Waals surface area contributed by atoms with Crippen molar-refractivity contribution in [3.8, 4) is 5.75 Å². The van der Waals surface area contributed by atoms with E-state index in [0.717, 1.165) is 46.0 Å². The van der Waals surface area contributed by atoms with Crippen LogP contribution in [-0.2, 0) is 24.2 Å². The van der Waals surface area contributed by atoms with Gasteiger partial charge < -0.3 is 9.30 Å². The maximum Gasteiger partial charge on any atom is 0.233 e. The summed E-state index contributed by atoms with van der Waals surface area (Å²) in [6.07, 6.45) is 7.58. The van der Waals surface area contributed by atoms with Crippen LogP contribution < -0.4 is 9.64 Å². The number of rotatable bonds is 10. The van der Waals surface area contributed by atoms with Crippen LogP contribution in [0.2, 0.25) is 0 Å². The zero-order chi connectivity index (χ0) is 22.3. The molecule has 0 aliphatic heterocycles. The maximum atomic E-state index is 13.4. The van der Waals surface area contributed by atoms with E-state index < -0.39 is 0 Å². The molecule has 0 unspecified atom stereocenters. The summed E-state index contributed by atoms with van der Waals surface area (Å²) in [7, 11) is 0.